The van der Waals surface area contributed by atoms with Gasteiger partial charge < -0.3 is 9.47 Å². The van der Waals surface area contributed by atoms with E-state index < -0.39 is 11.9 Å². The number of hydrogen-bond acceptors (Lipinski definition) is 5. The third kappa shape index (κ3) is 3.55. The van der Waals surface area contributed by atoms with E-state index in [1.54, 1.807) is 30.3 Å². The lowest BCUT2D eigenvalue weighted by Gasteiger charge is -2.07. The first-order chi connectivity index (χ1) is 9.56. The van der Waals surface area contributed by atoms with Crippen molar-refractivity contribution in [3.8, 4) is 11.6 Å². The van der Waals surface area contributed by atoms with Gasteiger partial charge in [-0.25, -0.2) is 9.78 Å². The maximum absolute atomic E-state index is 11.9. The van der Waals surface area contributed by atoms with Crippen LogP contribution in [0.15, 0.2) is 42.6 Å². The Bertz CT molecular complexity index is 643. The number of esters is 2. The highest BCUT2D eigenvalue weighted by atomic mass is 35.5. The number of hydrogen-bond donors (Lipinski definition) is 0. The Morgan fingerprint density at radius 2 is 1.85 bits per heavy atom. The van der Waals surface area contributed by atoms with Crippen LogP contribution < -0.4 is 9.47 Å². The molecule has 0 amide bonds. The smallest absolute Gasteiger partial charge is 0.343 e. The highest BCUT2D eigenvalue weighted by Crippen LogP contribution is 2.27. The molecule has 0 radical (unpaired) electrons. The molecule has 0 bridgehead atoms. The summed E-state index contributed by atoms with van der Waals surface area (Å²) in [5.41, 5.74) is 0.384. The molecule has 6 heteroatoms. The molecule has 2 aromatic rings. The van der Waals surface area contributed by atoms with Gasteiger partial charge in [-0.15, -0.1) is 0 Å². The molecule has 102 valence electrons. The minimum atomic E-state index is -0.563. The first-order valence-corrected chi connectivity index (χ1v) is 6.05. The predicted octanol–water partition coefficient (Wildman–Crippen LogP) is 2.88. The molecule has 0 N–H and O–H groups in total. The van der Waals surface area contributed by atoms with Gasteiger partial charge in [0.2, 0.25) is 5.88 Å². The molecule has 20 heavy (non-hydrogen) atoms. The number of halogens is 1. The molecule has 2 rings (SSSR count). The summed E-state index contributed by atoms with van der Waals surface area (Å²) in [6.07, 6.45) is 1.24. The summed E-state index contributed by atoms with van der Waals surface area (Å²) in [7, 11) is 0. The largest absolute Gasteiger partial charge is 0.421 e. The number of benzene rings is 1. The van der Waals surface area contributed by atoms with Crippen molar-refractivity contribution in [3.63, 3.8) is 0 Å². The summed E-state index contributed by atoms with van der Waals surface area (Å²) in [5.74, 6) is -1.00. The molecule has 0 saturated heterocycles. The van der Waals surface area contributed by atoms with E-state index in [0.717, 1.165) is 0 Å². The van der Waals surface area contributed by atoms with Gasteiger partial charge in [-0.3, -0.25) is 4.79 Å². The van der Waals surface area contributed by atoms with E-state index in [4.69, 9.17) is 21.1 Å². The van der Waals surface area contributed by atoms with Crippen molar-refractivity contribution in [2.24, 2.45) is 0 Å². The van der Waals surface area contributed by atoms with Gasteiger partial charge in [0.15, 0.2) is 5.75 Å². The maximum Gasteiger partial charge on any atom is 0.343 e. The second-order valence-electron chi connectivity index (χ2n) is 3.80. The van der Waals surface area contributed by atoms with Crippen molar-refractivity contribution in [2.75, 3.05) is 0 Å². The van der Waals surface area contributed by atoms with E-state index in [2.05, 4.69) is 4.98 Å². The fourth-order valence-electron chi connectivity index (χ4n) is 1.42. The molecule has 0 aliphatic heterocycles. The van der Waals surface area contributed by atoms with Gasteiger partial charge in [0.25, 0.3) is 0 Å². The first kappa shape index (κ1) is 14.0. The van der Waals surface area contributed by atoms with E-state index in [1.165, 1.54) is 19.2 Å². The molecule has 0 spiro atoms. The summed E-state index contributed by atoms with van der Waals surface area (Å²) in [4.78, 5) is 26.5. The van der Waals surface area contributed by atoms with Crippen molar-refractivity contribution in [1.29, 1.82) is 0 Å². The normalized spacial score (nSPS) is 9.90. The molecule has 0 saturated carbocycles. The summed E-state index contributed by atoms with van der Waals surface area (Å²) < 4.78 is 9.95. The Kier molecular flexibility index (Phi) is 4.32. The Labute approximate surface area is 120 Å². The van der Waals surface area contributed by atoms with Crippen molar-refractivity contribution < 1.29 is 19.1 Å². The average Bonchev–Trinajstić information content (AvgIpc) is 2.43. The molecule has 0 fully saturated rings. The zero-order valence-corrected chi connectivity index (χ0v) is 11.3. The Balaban J connectivity index is 2.20. The van der Waals surface area contributed by atoms with Gasteiger partial charge in [0.05, 0.1) is 11.8 Å². The van der Waals surface area contributed by atoms with Crippen LogP contribution in [-0.4, -0.2) is 16.9 Å². The molecule has 5 nitrogen and oxygen atoms in total. The van der Waals surface area contributed by atoms with E-state index >= 15 is 0 Å². The van der Waals surface area contributed by atoms with Crippen molar-refractivity contribution in [2.45, 2.75) is 6.92 Å². The number of ether oxygens (including phenoxy) is 2. The van der Waals surface area contributed by atoms with Gasteiger partial charge >= 0.3 is 11.9 Å². The molecule has 0 aliphatic carbocycles. The summed E-state index contributed by atoms with van der Waals surface area (Å²) in [6.45, 7) is 1.24. The van der Waals surface area contributed by atoms with Crippen LogP contribution in [0.25, 0.3) is 0 Å². The van der Waals surface area contributed by atoms with Gasteiger partial charge in [0.1, 0.15) is 5.02 Å². The standard InChI is InChI=1S/C14H10ClNO4/c1-9(17)19-13-7-12(11(15)8-16-13)20-14(18)10-5-3-2-4-6-10/h2-8H,1H3. The zero-order chi connectivity index (χ0) is 14.5. The third-order valence-electron chi connectivity index (χ3n) is 2.26. The highest BCUT2D eigenvalue weighted by molar-refractivity contribution is 6.32. The van der Waals surface area contributed by atoms with E-state index in [-0.39, 0.29) is 16.7 Å². The number of nitrogens with zero attached hydrogens (tertiary/aromatic N) is 1. The molecule has 0 unspecified atom stereocenters. The lowest BCUT2D eigenvalue weighted by Crippen LogP contribution is -2.09. The van der Waals surface area contributed by atoms with E-state index in [9.17, 15) is 9.59 Å². The zero-order valence-electron chi connectivity index (χ0n) is 10.5. The fourth-order valence-corrected chi connectivity index (χ4v) is 1.56. The van der Waals surface area contributed by atoms with Gasteiger partial charge in [0, 0.05) is 13.0 Å². The quantitative estimate of drug-likeness (QED) is 0.814. The summed E-state index contributed by atoms with van der Waals surface area (Å²) >= 11 is 5.88. The van der Waals surface area contributed by atoms with Gasteiger partial charge in [-0.2, -0.15) is 0 Å². The van der Waals surface area contributed by atoms with Crippen molar-refractivity contribution in [1.82, 2.24) is 4.98 Å². The second kappa shape index (κ2) is 6.16. The minimum Gasteiger partial charge on any atom is -0.421 e. The van der Waals surface area contributed by atoms with E-state index in [1.807, 2.05) is 0 Å². The number of rotatable bonds is 3. The third-order valence-corrected chi connectivity index (χ3v) is 2.54. The molecule has 1 aromatic carbocycles. The van der Waals surface area contributed by atoms with Crippen LogP contribution in [0, 0.1) is 0 Å². The number of aromatic nitrogens is 1. The lowest BCUT2D eigenvalue weighted by molar-refractivity contribution is -0.132. The van der Waals surface area contributed by atoms with Crippen LogP contribution in [0.1, 0.15) is 17.3 Å². The summed E-state index contributed by atoms with van der Waals surface area (Å²) in [6, 6.07) is 9.73. The van der Waals surface area contributed by atoms with Crippen LogP contribution in [0.3, 0.4) is 0 Å². The summed E-state index contributed by atoms with van der Waals surface area (Å²) in [5, 5.41) is 0.144. The molecule has 1 aromatic heterocycles. The predicted molar refractivity (Wildman–Crippen MR) is 72.0 cm³/mol. The Morgan fingerprint density at radius 3 is 2.50 bits per heavy atom. The molecule has 1 heterocycles. The average molecular weight is 292 g/mol. The number of carbonyl (C=O) groups excluding carboxylic acids is 2. The fraction of sp³-hybridized carbons (Fsp3) is 0.0714. The Morgan fingerprint density at radius 1 is 1.15 bits per heavy atom. The lowest BCUT2D eigenvalue weighted by atomic mass is 10.2. The first-order valence-electron chi connectivity index (χ1n) is 5.67. The van der Waals surface area contributed by atoms with E-state index in [0.29, 0.717) is 5.56 Å². The van der Waals surface area contributed by atoms with Crippen molar-refractivity contribution >= 4 is 23.5 Å². The number of pyridine rings is 1. The minimum absolute atomic E-state index is 0.0118. The molecular formula is C14H10ClNO4. The molecule has 0 aliphatic rings. The van der Waals surface area contributed by atoms with Crippen LogP contribution in [0.2, 0.25) is 5.02 Å². The van der Waals surface area contributed by atoms with Crippen molar-refractivity contribution in [3.05, 3.63) is 53.2 Å². The number of carbonyl (C=O) groups is 2. The maximum atomic E-state index is 11.9. The second-order valence-corrected chi connectivity index (χ2v) is 4.21. The monoisotopic (exact) mass is 291 g/mol. The molecule has 0 atom stereocenters. The topological polar surface area (TPSA) is 65.5 Å². The highest BCUT2D eigenvalue weighted by Gasteiger charge is 2.13. The van der Waals surface area contributed by atoms with Crippen LogP contribution in [0.5, 0.6) is 11.6 Å². The van der Waals surface area contributed by atoms with Crippen LogP contribution in [0.4, 0.5) is 0 Å². The van der Waals surface area contributed by atoms with Gasteiger partial charge in [-0.05, 0) is 12.1 Å². The molecular weight excluding hydrogens is 282 g/mol. The van der Waals surface area contributed by atoms with Crippen LogP contribution >= 0.6 is 11.6 Å². The Hall–Kier alpha value is -2.40. The van der Waals surface area contributed by atoms with Gasteiger partial charge in [-0.1, -0.05) is 29.8 Å². The SMILES string of the molecule is CC(=O)Oc1cc(OC(=O)c2ccccc2)c(Cl)cn1. The van der Waals surface area contributed by atoms with Crippen LogP contribution in [-0.2, 0) is 4.79 Å².